The van der Waals surface area contributed by atoms with Crippen molar-refractivity contribution >= 4 is 11.6 Å². The van der Waals surface area contributed by atoms with Crippen molar-refractivity contribution in [3.8, 4) is 0 Å². The summed E-state index contributed by atoms with van der Waals surface area (Å²) in [6.45, 7) is 4.14. The van der Waals surface area contributed by atoms with Gasteiger partial charge in [-0.05, 0) is 55.7 Å². The summed E-state index contributed by atoms with van der Waals surface area (Å²) in [6.07, 6.45) is 7.02. The van der Waals surface area contributed by atoms with E-state index in [4.69, 9.17) is 9.97 Å². The number of aromatic nitrogens is 5. The van der Waals surface area contributed by atoms with Gasteiger partial charge in [-0.15, -0.1) is 0 Å². The molecule has 33 heavy (non-hydrogen) atoms. The summed E-state index contributed by atoms with van der Waals surface area (Å²) in [6, 6.07) is 18.9. The van der Waals surface area contributed by atoms with Gasteiger partial charge in [-0.2, -0.15) is 5.10 Å². The molecule has 0 unspecified atom stereocenters. The molecule has 1 fully saturated rings. The quantitative estimate of drug-likeness (QED) is 0.378. The largest absolute Gasteiger partial charge is 0.323 e. The van der Waals surface area contributed by atoms with Crippen molar-refractivity contribution < 1.29 is 0 Å². The van der Waals surface area contributed by atoms with E-state index in [1.807, 2.05) is 31.3 Å². The number of anilines is 2. The molecule has 5 rings (SSSR count). The lowest BCUT2D eigenvalue weighted by atomic mass is 9.72. The fraction of sp³-hybridized carbons (Fsp3) is 0.333. The van der Waals surface area contributed by atoms with Crippen LogP contribution in [0.1, 0.15) is 59.7 Å². The van der Waals surface area contributed by atoms with Crippen molar-refractivity contribution in [2.75, 3.05) is 5.32 Å². The average molecular weight is 439 g/mol. The zero-order valence-electron chi connectivity index (χ0n) is 19.3. The second-order valence-electron chi connectivity index (χ2n) is 9.07. The first-order valence-electron chi connectivity index (χ1n) is 11.8. The fourth-order valence-corrected chi connectivity index (χ4v) is 4.46. The maximum Gasteiger partial charge on any atom is 0.153 e. The van der Waals surface area contributed by atoms with Gasteiger partial charge in [-0.1, -0.05) is 43.3 Å². The molecule has 1 aliphatic carbocycles. The third-order valence-corrected chi connectivity index (χ3v) is 6.39. The van der Waals surface area contributed by atoms with E-state index in [-0.39, 0.29) is 0 Å². The molecule has 3 heterocycles. The van der Waals surface area contributed by atoms with E-state index in [0.717, 1.165) is 66.6 Å². The monoisotopic (exact) mass is 438 g/mol. The van der Waals surface area contributed by atoms with Gasteiger partial charge in [0.1, 0.15) is 11.6 Å². The molecule has 0 saturated heterocycles. The summed E-state index contributed by atoms with van der Waals surface area (Å²) in [5.74, 6) is 3.60. The lowest BCUT2D eigenvalue weighted by Gasteiger charge is -2.34. The lowest BCUT2D eigenvalue weighted by molar-refractivity contribution is 0.253. The normalized spacial score (nSPS) is 17.5. The van der Waals surface area contributed by atoms with Gasteiger partial charge in [-0.25, -0.2) is 9.97 Å². The van der Waals surface area contributed by atoms with Crippen LogP contribution in [0.3, 0.4) is 0 Å². The molecule has 0 amide bonds. The van der Waals surface area contributed by atoms with Crippen LogP contribution in [-0.2, 0) is 19.3 Å². The molecular weight excluding hydrogens is 408 g/mol. The van der Waals surface area contributed by atoms with Crippen LogP contribution in [0, 0.1) is 12.8 Å². The summed E-state index contributed by atoms with van der Waals surface area (Å²) < 4.78 is 0. The topological polar surface area (TPSA) is 79.4 Å². The number of aryl methyl sites for hydroxylation is 2. The average Bonchev–Trinajstić information content (AvgIpc) is 3.25. The number of nitrogens with zero attached hydrogens (tertiary/aromatic N) is 4. The Kier molecular flexibility index (Phi) is 6.15. The van der Waals surface area contributed by atoms with E-state index in [1.54, 1.807) is 0 Å². The Bertz CT molecular complexity index is 1190. The van der Waals surface area contributed by atoms with Crippen LogP contribution in [0.5, 0.6) is 0 Å². The van der Waals surface area contributed by atoms with E-state index in [1.165, 1.54) is 11.1 Å². The van der Waals surface area contributed by atoms with Crippen LogP contribution in [0.15, 0.2) is 60.8 Å². The molecule has 2 N–H and O–H groups in total. The molecule has 0 aliphatic heterocycles. The Morgan fingerprint density at radius 1 is 0.970 bits per heavy atom. The highest BCUT2D eigenvalue weighted by Gasteiger charge is 2.33. The van der Waals surface area contributed by atoms with Gasteiger partial charge in [0, 0.05) is 42.1 Å². The van der Waals surface area contributed by atoms with Crippen molar-refractivity contribution in [1.29, 1.82) is 0 Å². The minimum absolute atomic E-state index is 0.398. The third kappa shape index (κ3) is 5.28. The summed E-state index contributed by atoms with van der Waals surface area (Å²) in [7, 11) is 0. The molecular formula is C27H30N6. The maximum absolute atomic E-state index is 4.98. The molecule has 168 valence electrons. The van der Waals surface area contributed by atoms with Gasteiger partial charge < -0.3 is 5.32 Å². The van der Waals surface area contributed by atoms with Crippen molar-refractivity contribution in [2.45, 2.75) is 51.9 Å². The van der Waals surface area contributed by atoms with Gasteiger partial charge in [-0.3, -0.25) is 10.1 Å². The van der Waals surface area contributed by atoms with Crippen molar-refractivity contribution in [3.05, 3.63) is 94.8 Å². The van der Waals surface area contributed by atoms with E-state index in [2.05, 4.69) is 63.8 Å². The third-order valence-electron chi connectivity index (χ3n) is 6.39. The Labute approximate surface area is 194 Å². The number of nitrogens with one attached hydrogen (secondary N) is 2. The van der Waals surface area contributed by atoms with E-state index >= 15 is 0 Å². The molecule has 0 radical (unpaired) electrons. The van der Waals surface area contributed by atoms with Gasteiger partial charge in [0.15, 0.2) is 5.82 Å². The van der Waals surface area contributed by atoms with Crippen molar-refractivity contribution in [2.24, 2.45) is 5.92 Å². The number of hydrogen-bond donors (Lipinski definition) is 2. The summed E-state index contributed by atoms with van der Waals surface area (Å²) in [5, 5.41) is 10.8. The van der Waals surface area contributed by atoms with E-state index in [9.17, 15) is 0 Å². The minimum Gasteiger partial charge on any atom is -0.323 e. The van der Waals surface area contributed by atoms with E-state index in [0.29, 0.717) is 11.8 Å². The second-order valence-corrected chi connectivity index (χ2v) is 9.07. The van der Waals surface area contributed by atoms with Crippen LogP contribution in [-0.4, -0.2) is 25.1 Å². The molecule has 1 aromatic carbocycles. The van der Waals surface area contributed by atoms with Gasteiger partial charge >= 0.3 is 0 Å². The van der Waals surface area contributed by atoms with Gasteiger partial charge in [0.2, 0.25) is 0 Å². The number of H-pyrrole nitrogens is 1. The predicted molar refractivity (Wildman–Crippen MR) is 131 cm³/mol. The Balaban J connectivity index is 1.33. The molecule has 4 aromatic rings. The molecule has 0 bridgehead atoms. The summed E-state index contributed by atoms with van der Waals surface area (Å²) in [5.41, 5.74) is 5.77. The SMILES string of the molecule is CCc1cc(Nc2cc(Cc3ccccc3)nc(C3CC(Cc4ccc(C)nc4)C3)n2)n[nH]1. The van der Waals surface area contributed by atoms with Gasteiger partial charge in [0.05, 0.1) is 5.69 Å². The standard InChI is InChI=1S/C27H30N6/c1-3-23-15-26(33-32-23)30-25-16-24(14-19-7-5-4-6-8-19)29-27(31-25)22-12-21(13-22)11-20-10-9-18(2)28-17-20/h4-10,15-17,21-22H,3,11-14H2,1-2H3,(H2,29,30,31,32,33). The molecule has 3 aromatic heterocycles. The first-order valence-corrected chi connectivity index (χ1v) is 11.8. The molecule has 6 nitrogen and oxygen atoms in total. The first-order chi connectivity index (χ1) is 16.1. The lowest BCUT2D eigenvalue weighted by Crippen LogP contribution is -2.26. The van der Waals surface area contributed by atoms with E-state index < -0.39 is 0 Å². The number of benzene rings is 1. The Morgan fingerprint density at radius 3 is 2.55 bits per heavy atom. The van der Waals surface area contributed by atoms with Gasteiger partial charge in [0.25, 0.3) is 0 Å². The molecule has 1 aliphatic rings. The Morgan fingerprint density at radius 2 is 1.82 bits per heavy atom. The molecule has 0 atom stereocenters. The number of rotatable bonds is 8. The zero-order chi connectivity index (χ0) is 22.6. The zero-order valence-corrected chi connectivity index (χ0v) is 19.3. The van der Waals surface area contributed by atoms with Crippen molar-refractivity contribution in [1.82, 2.24) is 25.1 Å². The fourth-order valence-electron chi connectivity index (χ4n) is 4.46. The van der Waals surface area contributed by atoms with Crippen LogP contribution in [0.2, 0.25) is 0 Å². The highest BCUT2D eigenvalue weighted by molar-refractivity contribution is 5.52. The smallest absolute Gasteiger partial charge is 0.153 e. The number of pyridine rings is 1. The number of hydrogen-bond acceptors (Lipinski definition) is 5. The summed E-state index contributed by atoms with van der Waals surface area (Å²) in [4.78, 5) is 14.3. The number of aromatic amines is 1. The maximum atomic E-state index is 4.98. The second kappa shape index (κ2) is 9.53. The Hall–Kier alpha value is -3.54. The molecule has 6 heteroatoms. The van der Waals surface area contributed by atoms with Crippen molar-refractivity contribution in [3.63, 3.8) is 0 Å². The first kappa shape index (κ1) is 21.3. The molecule has 0 spiro atoms. The highest BCUT2D eigenvalue weighted by atomic mass is 15.2. The minimum atomic E-state index is 0.398. The molecule has 1 saturated carbocycles. The predicted octanol–water partition coefficient (Wildman–Crippen LogP) is 5.54. The summed E-state index contributed by atoms with van der Waals surface area (Å²) >= 11 is 0. The van der Waals surface area contributed by atoms with Crippen LogP contribution < -0.4 is 5.32 Å². The highest BCUT2D eigenvalue weighted by Crippen LogP contribution is 2.42. The van der Waals surface area contributed by atoms with Crippen LogP contribution in [0.25, 0.3) is 0 Å². The van der Waals surface area contributed by atoms with Crippen LogP contribution >= 0.6 is 0 Å². The van der Waals surface area contributed by atoms with Crippen LogP contribution in [0.4, 0.5) is 11.6 Å².